The quantitative estimate of drug-likeness (QED) is 0.321. The molecule has 3 aromatic rings. The molecule has 0 saturated carbocycles. The summed E-state index contributed by atoms with van der Waals surface area (Å²) in [7, 11) is 0. The summed E-state index contributed by atoms with van der Waals surface area (Å²) in [5.41, 5.74) is 9.73. The van der Waals surface area contributed by atoms with Crippen molar-refractivity contribution in [3.05, 3.63) is 83.3 Å². The molecule has 0 unspecified atom stereocenters. The molecule has 0 bridgehead atoms. The van der Waals surface area contributed by atoms with Crippen molar-refractivity contribution in [1.82, 2.24) is 14.8 Å². The maximum atomic E-state index is 5.95. The van der Waals surface area contributed by atoms with Gasteiger partial charge in [0.2, 0.25) is 0 Å². The fourth-order valence-electron chi connectivity index (χ4n) is 2.47. The molecule has 0 fully saturated rings. The van der Waals surface area contributed by atoms with Gasteiger partial charge in [-0.05, 0) is 43.7 Å². The van der Waals surface area contributed by atoms with Crippen molar-refractivity contribution in [1.29, 1.82) is 0 Å². The number of hydrogen-bond acceptors (Lipinski definition) is 4. The fourth-order valence-corrected chi connectivity index (χ4v) is 2.47. The van der Waals surface area contributed by atoms with Crippen LogP contribution < -0.4 is 5.73 Å². The van der Waals surface area contributed by atoms with Crippen LogP contribution in [0.25, 0.3) is 11.9 Å². The van der Waals surface area contributed by atoms with Crippen LogP contribution in [0.4, 0.5) is 0 Å². The average molecular weight is 347 g/mol. The average Bonchev–Trinajstić information content (AvgIpc) is 3.00. The molecule has 3 rings (SSSR count). The van der Waals surface area contributed by atoms with Gasteiger partial charge in [-0.25, -0.2) is 9.67 Å². The third-order valence-electron chi connectivity index (χ3n) is 3.71. The van der Waals surface area contributed by atoms with Gasteiger partial charge in [0.05, 0.1) is 5.69 Å². The van der Waals surface area contributed by atoms with E-state index in [1.807, 2.05) is 74.5 Å². The molecule has 0 radical (unpaired) electrons. The summed E-state index contributed by atoms with van der Waals surface area (Å²) in [5.74, 6) is 1.02. The first-order valence-electron chi connectivity index (χ1n) is 8.30. The molecule has 1 aromatic carbocycles. The number of benzene rings is 1. The van der Waals surface area contributed by atoms with E-state index in [0.29, 0.717) is 12.2 Å². The number of pyridine rings is 1. The smallest absolute Gasteiger partial charge is 0.171 e. The van der Waals surface area contributed by atoms with Crippen molar-refractivity contribution in [2.24, 2.45) is 10.9 Å². The standard InChI is InChI=1S/C20H21N5O/c1-15-13-16(2)25(23-15)19-11-10-18(14-22-19)20(21)24-26-12-6-9-17-7-4-3-5-8-17/h3-11,13-14H,12H2,1-2H3,(H2,21,24)/b9-6-. The monoisotopic (exact) mass is 347 g/mol. The summed E-state index contributed by atoms with van der Waals surface area (Å²) in [6.07, 6.45) is 5.51. The summed E-state index contributed by atoms with van der Waals surface area (Å²) < 4.78 is 1.79. The SMILES string of the molecule is Cc1cc(C)n(-c2ccc(/C(N)=N/OC/C=C\c3ccccc3)cn2)n1. The lowest BCUT2D eigenvalue weighted by molar-refractivity contribution is 0.175. The minimum Gasteiger partial charge on any atom is -0.390 e. The number of hydrogen-bond donors (Lipinski definition) is 1. The van der Waals surface area contributed by atoms with Crippen LogP contribution in [0.5, 0.6) is 0 Å². The normalized spacial score (nSPS) is 11.8. The fraction of sp³-hybridized carbons (Fsp3) is 0.150. The van der Waals surface area contributed by atoms with E-state index in [4.69, 9.17) is 10.6 Å². The van der Waals surface area contributed by atoms with Crippen LogP contribution in [0, 0.1) is 13.8 Å². The number of rotatable bonds is 6. The summed E-state index contributed by atoms with van der Waals surface area (Å²) >= 11 is 0. The zero-order valence-electron chi connectivity index (χ0n) is 14.8. The van der Waals surface area contributed by atoms with Gasteiger partial charge in [0.1, 0.15) is 6.61 Å². The van der Waals surface area contributed by atoms with Crippen LogP contribution in [-0.2, 0) is 4.84 Å². The molecule has 6 heteroatoms. The molecular weight excluding hydrogens is 326 g/mol. The Morgan fingerprint density at radius 3 is 2.65 bits per heavy atom. The number of nitrogens with two attached hydrogens (primary N) is 1. The Bertz CT molecular complexity index is 911. The molecule has 0 aliphatic heterocycles. The van der Waals surface area contributed by atoms with Gasteiger partial charge in [-0.2, -0.15) is 5.10 Å². The molecule has 2 heterocycles. The Morgan fingerprint density at radius 1 is 1.19 bits per heavy atom. The number of aromatic nitrogens is 3. The van der Waals surface area contributed by atoms with E-state index < -0.39 is 0 Å². The molecule has 0 spiro atoms. The van der Waals surface area contributed by atoms with Crippen molar-refractivity contribution >= 4 is 11.9 Å². The summed E-state index contributed by atoms with van der Waals surface area (Å²) in [4.78, 5) is 9.64. The van der Waals surface area contributed by atoms with Crippen molar-refractivity contribution in [2.45, 2.75) is 13.8 Å². The summed E-state index contributed by atoms with van der Waals surface area (Å²) in [6.45, 7) is 4.28. The maximum absolute atomic E-state index is 5.95. The predicted octanol–water partition coefficient (Wildman–Crippen LogP) is 3.23. The van der Waals surface area contributed by atoms with Gasteiger partial charge >= 0.3 is 0 Å². The van der Waals surface area contributed by atoms with Gasteiger partial charge < -0.3 is 10.6 Å². The van der Waals surface area contributed by atoms with Gasteiger partial charge in [-0.1, -0.05) is 41.6 Å². The first-order valence-corrected chi connectivity index (χ1v) is 8.30. The molecule has 2 aromatic heterocycles. The highest BCUT2D eigenvalue weighted by Crippen LogP contribution is 2.10. The Morgan fingerprint density at radius 2 is 2.00 bits per heavy atom. The molecule has 6 nitrogen and oxygen atoms in total. The zero-order chi connectivity index (χ0) is 18.4. The van der Waals surface area contributed by atoms with Crippen LogP contribution in [0.2, 0.25) is 0 Å². The van der Waals surface area contributed by atoms with Gasteiger partial charge in [-0.3, -0.25) is 0 Å². The van der Waals surface area contributed by atoms with E-state index in [0.717, 1.165) is 22.8 Å². The van der Waals surface area contributed by atoms with Crippen molar-refractivity contribution in [3.63, 3.8) is 0 Å². The second-order valence-electron chi connectivity index (χ2n) is 5.83. The van der Waals surface area contributed by atoms with E-state index >= 15 is 0 Å². The number of oxime groups is 1. The van der Waals surface area contributed by atoms with Crippen LogP contribution in [-0.4, -0.2) is 27.2 Å². The van der Waals surface area contributed by atoms with Crippen LogP contribution in [0.1, 0.15) is 22.5 Å². The number of nitrogens with zero attached hydrogens (tertiary/aromatic N) is 4. The third-order valence-corrected chi connectivity index (χ3v) is 3.71. The Balaban J connectivity index is 1.59. The van der Waals surface area contributed by atoms with E-state index in [-0.39, 0.29) is 5.84 Å². The summed E-state index contributed by atoms with van der Waals surface area (Å²) in [5, 5.41) is 8.34. The lowest BCUT2D eigenvalue weighted by Crippen LogP contribution is -2.15. The van der Waals surface area contributed by atoms with Crippen molar-refractivity contribution in [2.75, 3.05) is 6.61 Å². The second kappa shape index (κ2) is 8.11. The van der Waals surface area contributed by atoms with Crippen molar-refractivity contribution in [3.8, 4) is 5.82 Å². The van der Waals surface area contributed by atoms with E-state index in [1.54, 1.807) is 10.9 Å². The minimum atomic E-state index is 0.283. The second-order valence-corrected chi connectivity index (χ2v) is 5.83. The lowest BCUT2D eigenvalue weighted by atomic mass is 10.2. The van der Waals surface area contributed by atoms with Crippen LogP contribution in [0.3, 0.4) is 0 Å². The molecule has 26 heavy (non-hydrogen) atoms. The Labute approximate surface area is 152 Å². The first-order chi connectivity index (χ1) is 12.6. The molecule has 0 aliphatic rings. The van der Waals surface area contributed by atoms with Gasteiger partial charge in [0.25, 0.3) is 0 Å². The Hall–Kier alpha value is -3.41. The van der Waals surface area contributed by atoms with Gasteiger partial charge in [-0.15, -0.1) is 0 Å². The lowest BCUT2D eigenvalue weighted by Gasteiger charge is -2.05. The molecule has 132 valence electrons. The highest BCUT2D eigenvalue weighted by atomic mass is 16.6. The largest absolute Gasteiger partial charge is 0.390 e. The zero-order valence-corrected chi connectivity index (χ0v) is 14.8. The predicted molar refractivity (Wildman–Crippen MR) is 103 cm³/mol. The molecule has 0 aliphatic carbocycles. The summed E-state index contributed by atoms with van der Waals surface area (Å²) in [6, 6.07) is 15.7. The first kappa shape index (κ1) is 17.4. The molecule has 0 saturated heterocycles. The Kier molecular flexibility index (Phi) is 5.43. The molecular formula is C20H21N5O. The maximum Gasteiger partial charge on any atom is 0.171 e. The molecule has 2 N–H and O–H groups in total. The van der Waals surface area contributed by atoms with Gasteiger partial charge in [0.15, 0.2) is 11.7 Å². The van der Waals surface area contributed by atoms with Crippen molar-refractivity contribution < 1.29 is 4.84 Å². The highest BCUT2D eigenvalue weighted by Gasteiger charge is 2.06. The van der Waals surface area contributed by atoms with E-state index in [9.17, 15) is 0 Å². The van der Waals surface area contributed by atoms with E-state index in [1.165, 1.54) is 0 Å². The molecule has 0 atom stereocenters. The van der Waals surface area contributed by atoms with Crippen LogP contribution in [0.15, 0.2) is 66.0 Å². The number of amidine groups is 1. The van der Waals surface area contributed by atoms with E-state index in [2.05, 4.69) is 15.2 Å². The topological polar surface area (TPSA) is 78.3 Å². The third kappa shape index (κ3) is 4.36. The minimum absolute atomic E-state index is 0.283. The van der Waals surface area contributed by atoms with Crippen LogP contribution >= 0.6 is 0 Å². The number of aryl methyl sites for hydroxylation is 2. The molecule has 0 amide bonds. The van der Waals surface area contributed by atoms with Gasteiger partial charge in [0, 0.05) is 17.5 Å². The highest BCUT2D eigenvalue weighted by molar-refractivity contribution is 5.96.